The van der Waals surface area contributed by atoms with Crippen molar-refractivity contribution in [2.24, 2.45) is 0 Å². The lowest BCUT2D eigenvalue weighted by Crippen LogP contribution is -2.00. The summed E-state index contributed by atoms with van der Waals surface area (Å²) >= 11 is 5.80. The molecule has 3 nitrogen and oxygen atoms in total. The Hall–Kier alpha value is -1.22. The van der Waals surface area contributed by atoms with Crippen molar-refractivity contribution in [2.75, 3.05) is 14.2 Å². The highest BCUT2D eigenvalue weighted by molar-refractivity contribution is 6.32. The van der Waals surface area contributed by atoms with E-state index in [1.807, 2.05) is 0 Å². The quantitative estimate of drug-likeness (QED) is 0.687. The maximum Gasteiger partial charge on any atom is 0.337 e. The van der Waals surface area contributed by atoms with E-state index >= 15 is 0 Å². The van der Waals surface area contributed by atoms with Gasteiger partial charge in [0.2, 0.25) is 0 Å². The zero-order chi connectivity index (χ0) is 9.84. The summed E-state index contributed by atoms with van der Waals surface area (Å²) in [6, 6.07) is 4.72. The third kappa shape index (κ3) is 2.12. The SMILES string of the molecule is COC(=O)c1ccc(OC)c(Cl)c1. The Bertz CT molecular complexity index is 323. The van der Waals surface area contributed by atoms with Crippen molar-refractivity contribution in [2.45, 2.75) is 0 Å². The maximum absolute atomic E-state index is 11.0. The Kier molecular flexibility index (Phi) is 3.14. The molecular weight excluding hydrogens is 192 g/mol. The standard InChI is InChI=1S/C9H9ClO3/c1-12-8-4-3-6(5-7(8)10)9(11)13-2/h3-5H,1-2H3. The summed E-state index contributed by atoms with van der Waals surface area (Å²) in [4.78, 5) is 11.0. The van der Waals surface area contributed by atoms with E-state index < -0.39 is 5.97 Å². The smallest absolute Gasteiger partial charge is 0.337 e. The summed E-state index contributed by atoms with van der Waals surface area (Å²) in [5, 5.41) is 0.394. The fourth-order valence-electron chi connectivity index (χ4n) is 0.911. The van der Waals surface area contributed by atoms with Crippen LogP contribution in [0.1, 0.15) is 10.4 Å². The van der Waals surface area contributed by atoms with E-state index in [1.54, 1.807) is 12.1 Å². The lowest BCUT2D eigenvalue weighted by molar-refractivity contribution is 0.0600. The Balaban J connectivity index is 3.02. The first-order chi connectivity index (χ1) is 6.19. The molecule has 1 aromatic rings. The number of carbonyl (C=O) groups is 1. The fourth-order valence-corrected chi connectivity index (χ4v) is 1.17. The zero-order valence-electron chi connectivity index (χ0n) is 7.33. The average Bonchev–Trinajstić information content (AvgIpc) is 2.16. The topological polar surface area (TPSA) is 35.5 Å². The predicted octanol–water partition coefficient (Wildman–Crippen LogP) is 2.14. The van der Waals surface area contributed by atoms with Gasteiger partial charge in [0, 0.05) is 0 Å². The van der Waals surface area contributed by atoms with Gasteiger partial charge in [-0.2, -0.15) is 0 Å². The van der Waals surface area contributed by atoms with Crippen molar-refractivity contribution < 1.29 is 14.3 Å². The molecule has 0 amide bonds. The molecule has 0 atom stereocenters. The maximum atomic E-state index is 11.0. The zero-order valence-corrected chi connectivity index (χ0v) is 8.09. The van der Waals surface area contributed by atoms with E-state index in [4.69, 9.17) is 16.3 Å². The Morgan fingerprint density at radius 2 is 2.08 bits per heavy atom. The Morgan fingerprint density at radius 3 is 2.54 bits per heavy atom. The third-order valence-corrected chi connectivity index (χ3v) is 1.87. The van der Waals surface area contributed by atoms with Gasteiger partial charge in [-0.25, -0.2) is 4.79 Å². The van der Waals surface area contributed by atoms with Crippen LogP contribution < -0.4 is 4.74 Å². The molecule has 0 saturated heterocycles. The molecule has 0 N–H and O–H groups in total. The lowest BCUT2D eigenvalue weighted by atomic mass is 10.2. The van der Waals surface area contributed by atoms with Crippen molar-refractivity contribution in [1.82, 2.24) is 0 Å². The first kappa shape index (κ1) is 9.86. The molecule has 0 heterocycles. The molecule has 70 valence electrons. The number of halogens is 1. The number of hydrogen-bond acceptors (Lipinski definition) is 3. The van der Waals surface area contributed by atoms with Gasteiger partial charge in [0.1, 0.15) is 5.75 Å². The summed E-state index contributed by atoms with van der Waals surface area (Å²) in [5.74, 6) is 0.124. The number of esters is 1. The van der Waals surface area contributed by atoms with Crippen LogP contribution in [0, 0.1) is 0 Å². The van der Waals surface area contributed by atoms with E-state index in [0.717, 1.165) is 0 Å². The second kappa shape index (κ2) is 4.14. The number of rotatable bonds is 2. The Labute approximate surface area is 81.2 Å². The van der Waals surface area contributed by atoms with Crippen LogP contribution in [0.25, 0.3) is 0 Å². The van der Waals surface area contributed by atoms with Gasteiger partial charge in [-0.1, -0.05) is 11.6 Å². The van der Waals surface area contributed by atoms with Crippen molar-refractivity contribution in [3.8, 4) is 5.75 Å². The molecule has 0 saturated carbocycles. The predicted molar refractivity (Wildman–Crippen MR) is 49.3 cm³/mol. The minimum Gasteiger partial charge on any atom is -0.495 e. The van der Waals surface area contributed by atoms with Gasteiger partial charge in [-0.3, -0.25) is 0 Å². The van der Waals surface area contributed by atoms with Gasteiger partial charge in [0.15, 0.2) is 0 Å². The highest BCUT2D eigenvalue weighted by Gasteiger charge is 2.08. The van der Waals surface area contributed by atoms with E-state index in [1.165, 1.54) is 20.3 Å². The molecule has 0 spiro atoms. The van der Waals surface area contributed by atoms with Crippen LogP contribution in [0.4, 0.5) is 0 Å². The van der Waals surface area contributed by atoms with Crippen LogP contribution in [0.5, 0.6) is 5.75 Å². The molecule has 0 unspecified atom stereocenters. The highest BCUT2D eigenvalue weighted by atomic mass is 35.5. The first-order valence-electron chi connectivity index (χ1n) is 3.61. The number of ether oxygens (including phenoxy) is 2. The van der Waals surface area contributed by atoms with Crippen LogP contribution in [0.3, 0.4) is 0 Å². The van der Waals surface area contributed by atoms with Gasteiger partial charge >= 0.3 is 5.97 Å². The minimum absolute atomic E-state index is 0.394. The lowest BCUT2D eigenvalue weighted by Gasteiger charge is -2.04. The Morgan fingerprint density at radius 1 is 1.38 bits per heavy atom. The molecular formula is C9H9ClO3. The minimum atomic E-state index is -0.412. The number of benzene rings is 1. The van der Waals surface area contributed by atoms with Crippen LogP contribution in [0.15, 0.2) is 18.2 Å². The highest BCUT2D eigenvalue weighted by Crippen LogP contribution is 2.24. The molecule has 4 heteroatoms. The normalized spacial score (nSPS) is 9.46. The van der Waals surface area contributed by atoms with E-state index in [0.29, 0.717) is 16.3 Å². The first-order valence-corrected chi connectivity index (χ1v) is 3.98. The molecule has 0 bridgehead atoms. The van der Waals surface area contributed by atoms with Gasteiger partial charge in [-0.15, -0.1) is 0 Å². The molecule has 0 aliphatic rings. The fraction of sp³-hybridized carbons (Fsp3) is 0.222. The molecule has 1 aromatic carbocycles. The number of carbonyl (C=O) groups excluding carboxylic acids is 1. The monoisotopic (exact) mass is 200 g/mol. The van der Waals surface area contributed by atoms with Gasteiger partial charge in [0.25, 0.3) is 0 Å². The molecule has 0 aromatic heterocycles. The second-order valence-corrected chi connectivity index (χ2v) is 2.75. The molecule has 0 aliphatic carbocycles. The molecule has 13 heavy (non-hydrogen) atoms. The average molecular weight is 201 g/mol. The summed E-state index contributed by atoms with van der Waals surface area (Å²) < 4.78 is 9.46. The van der Waals surface area contributed by atoms with Crippen LogP contribution in [0.2, 0.25) is 5.02 Å². The van der Waals surface area contributed by atoms with Crippen LogP contribution in [-0.2, 0) is 4.74 Å². The summed E-state index contributed by atoms with van der Waals surface area (Å²) in [7, 11) is 2.83. The van der Waals surface area contributed by atoms with E-state index in [-0.39, 0.29) is 0 Å². The van der Waals surface area contributed by atoms with Crippen molar-refractivity contribution in [1.29, 1.82) is 0 Å². The molecule has 1 rings (SSSR count). The molecule has 0 fully saturated rings. The van der Waals surface area contributed by atoms with E-state index in [2.05, 4.69) is 4.74 Å². The second-order valence-electron chi connectivity index (χ2n) is 2.34. The summed E-state index contributed by atoms with van der Waals surface area (Å²) in [6.07, 6.45) is 0. The molecule has 0 aliphatic heterocycles. The number of hydrogen-bond donors (Lipinski definition) is 0. The largest absolute Gasteiger partial charge is 0.495 e. The van der Waals surface area contributed by atoms with Crippen LogP contribution >= 0.6 is 11.6 Å². The van der Waals surface area contributed by atoms with Gasteiger partial charge in [-0.05, 0) is 18.2 Å². The van der Waals surface area contributed by atoms with Crippen molar-refractivity contribution in [3.63, 3.8) is 0 Å². The van der Waals surface area contributed by atoms with Gasteiger partial charge in [0.05, 0.1) is 24.8 Å². The van der Waals surface area contributed by atoms with Crippen molar-refractivity contribution >= 4 is 17.6 Å². The summed E-state index contributed by atoms with van der Waals surface area (Å²) in [6.45, 7) is 0. The number of methoxy groups -OCH3 is 2. The van der Waals surface area contributed by atoms with Gasteiger partial charge < -0.3 is 9.47 Å². The van der Waals surface area contributed by atoms with Crippen LogP contribution in [-0.4, -0.2) is 20.2 Å². The third-order valence-electron chi connectivity index (χ3n) is 1.57. The summed E-state index contributed by atoms with van der Waals surface area (Å²) in [5.41, 5.74) is 0.410. The molecule has 0 radical (unpaired) electrons. The van der Waals surface area contributed by atoms with E-state index in [9.17, 15) is 4.79 Å². The van der Waals surface area contributed by atoms with Crippen molar-refractivity contribution in [3.05, 3.63) is 28.8 Å².